The average Bonchev–Trinajstić information content (AvgIpc) is 3.06. The molecule has 1 unspecified atom stereocenters. The number of amides is 2. The fourth-order valence-corrected chi connectivity index (χ4v) is 3.54. The van der Waals surface area contributed by atoms with E-state index in [0.717, 1.165) is 0 Å². The molecule has 0 spiro atoms. The van der Waals surface area contributed by atoms with Crippen LogP contribution in [0.15, 0.2) is 23.6 Å². The van der Waals surface area contributed by atoms with Gasteiger partial charge in [0.15, 0.2) is 11.2 Å². The molecule has 1 aliphatic heterocycles. The van der Waals surface area contributed by atoms with Gasteiger partial charge in [0, 0.05) is 10.4 Å². The Balaban J connectivity index is 1.68. The molecular formula is C18H18ClN3O5S. The number of carbonyl (C=O) groups excluding carboxylic acids is 3. The lowest BCUT2D eigenvalue weighted by Gasteiger charge is -2.32. The minimum atomic E-state index is -0.711. The molecule has 1 aromatic carbocycles. The summed E-state index contributed by atoms with van der Waals surface area (Å²) in [4.78, 5) is 42.0. The minimum Gasteiger partial charge on any atom is -0.479 e. The number of esters is 1. The van der Waals surface area contributed by atoms with E-state index in [1.165, 1.54) is 16.2 Å². The zero-order valence-corrected chi connectivity index (χ0v) is 16.8. The van der Waals surface area contributed by atoms with Gasteiger partial charge < -0.3 is 14.8 Å². The van der Waals surface area contributed by atoms with Gasteiger partial charge in [0.25, 0.3) is 5.91 Å². The SMILES string of the molecule is CCOC(=O)Cc1csc(NC(=O)CN2C(=O)C(C)Oc3ccc(Cl)cc32)n1. The first-order chi connectivity index (χ1) is 13.4. The van der Waals surface area contributed by atoms with Crippen molar-refractivity contribution in [1.82, 2.24) is 4.98 Å². The Labute approximate surface area is 170 Å². The van der Waals surface area contributed by atoms with E-state index in [2.05, 4.69) is 10.3 Å². The highest BCUT2D eigenvalue weighted by Crippen LogP contribution is 2.36. The van der Waals surface area contributed by atoms with Crippen LogP contribution >= 0.6 is 22.9 Å². The largest absolute Gasteiger partial charge is 0.479 e. The summed E-state index contributed by atoms with van der Waals surface area (Å²) < 4.78 is 10.4. The topological polar surface area (TPSA) is 97.8 Å². The highest BCUT2D eigenvalue weighted by Gasteiger charge is 2.33. The third kappa shape index (κ3) is 4.60. The van der Waals surface area contributed by atoms with Crippen LogP contribution < -0.4 is 15.0 Å². The minimum absolute atomic E-state index is 0.0333. The summed E-state index contributed by atoms with van der Waals surface area (Å²) in [7, 11) is 0. The number of aromatic nitrogens is 1. The van der Waals surface area contributed by atoms with Crippen LogP contribution in [0, 0.1) is 0 Å². The second-order valence-corrected chi connectivity index (χ2v) is 7.27. The molecule has 28 heavy (non-hydrogen) atoms. The summed E-state index contributed by atoms with van der Waals surface area (Å²) >= 11 is 7.21. The Kier molecular flexibility index (Phi) is 6.15. The number of carbonyl (C=O) groups is 3. The number of nitrogens with zero attached hydrogens (tertiary/aromatic N) is 2. The maximum absolute atomic E-state index is 12.5. The number of hydrogen-bond acceptors (Lipinski definition) is 7. The second-order valence-electron chi connectivity index (χ2n) is 5.97. The molecule has 0 radical (unpaired) electrons. The first kappa shape index (κ1) is 20.1. The van der Waals surface area contributed by atoms with Crippen molar-refractivity contribution >= 4 is 51.5 Å². The van der Waals surface area contributed by atoms with Crippen LogP contribution in [0.25, 0.3) is 0 Å². The van der Waals surface area contributed by atoms with Gasteiger partial charge in [-0.25, -0.2) is 4.98 Å². The molecule has 10 heteroatoms. The molecule has 0 saturated carbocycles. The van der Waals surface area contributed by atoms with Crippen LogP contribution in [-0.2, 0) is 25.5 Å². The lowest BCUT2D eigenvalue weighted by molar-refractivity contribution is -0.142. The van der Waals surface area contributed by atoms with Crippen molar-refractivity contribution in [3.8, 4) is 5.75 Å². The van der Waals surface area contributed by atoms with E-state index in [0.29, 0.717) is 33.9 Å². The van der Waals surface area contributed by atoms with Crippen LogP contribution in [0.1, 0.15) is 19.5 Å². The predicted molar refractivity (Wildman–Crippen MR) is 105 cm³/mol. The molecule has 0 aliphatic carbocycles. The summed E-state index contributed by atoms with van der Waals surface area (Å²) in [5.41, 5.74) is 0.944. The zero-order chi connectivity index (χ0) is 20.3. The Morgan fingerprint density at radius 1 is 1.43 bits per heavy atom. The number of halogens is 1. The Bertz CT molecular complexity index is 916. The van der Waals surface area contributed by atoms with E-state index in [9.17, 15) is 14.4 Å². The van der Waals surface area contributed by atoms with Gasteiger partial charge in [-0.3, -0.25) is 19.3 Å². The molecular weight excluding hydrogens is 406 g/mol. The number of thiazole rings is 1. The molecule has 1 aliphatic rings. The highest BCUT2D eigenvalue weighted by atomic mass is 35.5. The number of fused-ring (bicyclic) bond motifs is 1. The van der Waals surface area contributed by atoms with Gasteiger partial charge in [0.05, 0.1) is 24.4 Å². The molecule has 0 saturated heterocycles. The lowest BCUT2D eigenvalue weighted by Crippen LogP contribution is -2.47. The number of rotatable bonds is 6. The number of anilines is 2. The summed E-state index contributed by atoms with van der Waals surface area (Å²) in [5.74, 6) is -0.667. The van der Waals surface area contributed by atoms with Crippen LogP contribution in [0.5, 0.6) is 5.75 Å². The number of nitrogens with one attached hydrogen (secondary N) is 1. The lowest BCUT2D eigenvalue weighted by atomic mass is 10.2. The molecule has 2 aromatic rings. The fourth-order valence-electron chi connectivity index (χ4n) is 2.65. The van der Waals surface area contributed by atoms with Crippen molar-refractivity contribution in [1.29, 1.82) is 0 Å². The summed E-state index contributed by atoms with van der Waals surface area (Å²) in [6, 6.07) is 4.89. The molecule has 2 amide bonds. The van der Waals surface area contributed by atoms with Crippen molar-refractivity contribution < 1.29 is 23.9 Å². The van der Waals surface area contributed by atoms with E-state index < -0.39 is 12.0 Å². The summed E-state index contributed by atoms with van der Waals surface area (Å²) in [5, 5.41) is 5.08. The molecule has 3 rings (SSSR count). The number of benzene rings is 1. The van der Waals surface area contributed by atoms with Crippen molar-refractivity contribution in [2.24, 2.45) is 0 Å². The zero-order valence-electron chi connectivity index (χ0n) is 15.2. The van der Waals surface area contributed by atoms with Crippen molar-refractivity contribution in [2.45, 2.75) is 26.4 Å². The van der Waals surface area contributed by atoms with Crippen molar-refractivity contribution in [3.63, 3.8) is 0 Å². The third-order valence-electron chi connectivity index (χ3n) is 3.86. The maximum Gasteiger partial charge on any atom is 0.311 e. The maximum atomic E-state index is 12.5. The van der Waals surface area contributed by atoms with Gasteiger partial charge in [-0.1, -0.05) is 11.6 Å². The van der Waals surface area contributed by atoms with E-state index in [-0.39, 0.29) is 24.8 Å². The van der Waals surface area contributed by atoms with Crippen LogP contribution in [0.2, 0.25) is 5.02 Å². The summed E-state index contributed by atoms with van der Waals surface area (Å²) in [6.07, 6.45) is -0.677. The van der Waals surface area contributed by atoms with E-state index in [4.69, 9.17) is 21.1 Å². The molecule has 1 atom stereocenters. The standard InChI is InChI=1S/C18H18ClN3O5S/c1-3-26-16(24)7-12-9-28-18(20-12)21-15(23)8-22-13-6-11(19)4-5-14(13)27-10(2)17(22)25/h4-6,9-10H,3,7-8H2,1-2H3,(H,20,21,23). The van der Waals surface area contributed by atoms with Gasteiger partial charge >= 0.3 is 5.97 Å². The third-order valence-corrected chi connectivity index (χ3v) is 4.90. The van der Waals surface area contributed by atoms with E-state index in [1.807, 2.05) is 0 Å². The molecule has 2 heterocycles. The molecule has 148 valence electrons. The van der Waals surface area contributed by atoms with Crippen LogP contribution in [0.4, 0.5) is 10.8 Å². The average molecular weight is 424 g/mol. The molecule has 1 aromatic heterocycles. The quantitative estimate of drug-likeness (QED) is 0.717. The molecule has 0 fully saturated rings. The van der Waals surface area contributed by atoms with Crippen LogP contribution in [-0.4, -0.2) is 42.0 Å². The predicted octanol–water partition coefficient (Wildman–Crippen LogP) is 2.65. The number of ether oxygens (including phenoxy) is 2. The second kappa shape index (κ2) is 8.57. The Morgan fingerprint density at radius 3 is 2.96 bits per heavy atom. The molecule has 8 nitrogen and oxygen atoms in total. The van der Waals surface area contributed by atoms with E-state index in [1.54, 1.807) is 37.4 Å². The van der Waals surface area contributed by atoms with E-state index >= 15 is 0 Å². The summed E-state index contributed by atoms with van der Waals surface area (Å²) in [6.45, 7) is 3.42. The van der Waals surface area contributed by atoms with Crippen molar-refractivity contribution in [3.05, 3.63) is 34.3 Å². The Morgan fingerprint density at radius 2 is 2.21 bits per heavy atom. The smallest absolute Gasteiger partial charge is 0.311 e. The Hall–Kier alpha value is -2.65. The van der Waals surface area contributed by atoms with Gasteiger partial charge in [0.2, 0.25) is 5.91 Å². The van der Waals surface area contributed by atoms with Gasteiger partial charge in [-0.05, 0) is 32.0 Å². The molecule has 1 N–H and O–H groups in total. The van der Waals surface area contributed by atoms with Crippen LogP contribution in [0.3, 0.4) is 0 Å². The monoisotopic (exact) mass is 423 g/mol. The fraction of sp³-hybridized carbons (Fsp3) is 0.333. The molecule has 0 bridgehead atoms. The normalized spacial score (nSPS) is 15.6. The van der Waals surface area contributed by atoms with Gasteiger partial charge in [-0.2, -0.15) is 0 Å². The van der Waals surface area contributed by atoms with Crippen molar-refractivity contribution in [2.75, 3.05) is 23.4 Å². The number of hydrogen-bond donors (Lipinski definition) is 1. The first-order valence-electron chi connectivity index (χ1n) is 8.54. The van der Waals surface area contributed by atoms with Gasteiger partial charge in [-0.15, -0.1) is 11.3 Å². The van der Waals surface area contributed by atoms with Gasteiger partial charge in [0.1, 0.15) is 12.3 Å². The first-order valence-corrected chi connectivity index (χ1v) is 9.80. The highest BCUT2D eigenvalue weighted by molar-refractivity contribution is 7.13.